The Morgan fingerprint density at radius 1 is 1.47 bits per heavy atom. The van der Waals surface area contributed by atoms with Gasteiger partial charge < -0.3 is 14.8 Å². The zero-order valence-corrected chi connectivity index (χ0v) is 11.2. The molecule has 2 aromatic rings. The summed E-state index contributed by atoms with van der Waals surface area (Å²) < 4.78 is 5.49. The van der Waals surface area contributed by atoms with Crippen LogP contribution in [0.5, 0.6) is 0 Å². The molecular weight excluding hydrogens is 268 g/mol. The smallest absolute Gasteiger partial charge is 0.337 e. The predicted molar refractivity (Wildman–Crippen MR) is 71.7 cm³/mol. The van der Waals surface area contributed by atoms with E-state index in [4.69, 9.17) is 21.1 Å². The lowest BCUT2D eigenvalue weighted by molar-refractivity contribution is 0.0697. The number of furan rings is 1. The zero-order valence-electron chi connectivity index (χ0n) is 10.5. The van der Waals surface area contributed by atoms with Gasteiger partial charge in [-0.1, -0.05) is 11.6 Å². The number of carbonyl (C=O) groups is 1. The second kappa shape index (κ2) is 5.32. The number of anilines is 1. The largest absolute Gasteiger partial charge is 0.478 e. The molecule has 0 aliphatic carbocycles. The fourth-order valence-corrected chi connectivity index (χ4v) is 1.92. The van der Waals surface area contributed by atoms with Crippen LogP contribution in [0.1, 0.15) is 34.8 Å². The van der Waals surface area contributed by atoms with Crippen molar-refractivity contribution < 1.29 is 14.3 Å². The number of aromatic carboxylic acids is 1. The molecule has 0 aromatic carbocycles. The van der Waals surface area contributed by atoms with Gasteiger partial charge in [0.1, 0.15) is 17.3 Å². The highest BCUT2D eigenvalue weighted by molar-refractivity contribution is 6.35. The maximum Gasteiger partial charge on any atom is 0.337 e. The molecule has 0 bridgehead atoms. The molecule has 0 radical (unpaired) electrons. The summed E-state index contributed by atoms with van der Waals surface area (Å²) in [6.07, 6.45) is 1.40. The van der Waals surface area contributed by atoms with Gasteiger partial charge in [0.05, 0.1) is 16.6 Å². The Morgan fingerprint density at radius 2 is 2.21 bits per heavy atom. The summed E-state index contributed by atoms with van der Waals surface area (Å²) in [5, 5.41) is 12.1. The van der Waals surface area contributed by atoms with Gasteiger partial charge in [0, 0.05) is 6.20 Å². The highest BCUT2D eigenvalue weighted by Gasteiger charge is 2.16. The minimum atomic E-state index is -1.09. The van der Waals surface area contributed by atoms with Crippen LogP contribution in [0.2, 0.25) is 5.02 Å². The monoisotopic (exact) mass is 280 g/mol. The molecule has 0 amide bonds. The van der Waals surface area contributed by atoms with E-state index >= 15 is 0 Å². The minimum Gasteiger partial charge on any atom is -0.478 e. The quantitative estimate of drug-likeness (QED) is 0.896. The van der Waals surface area contributed by atoms with Gasteiger partial charge >= 0.3 is 5.97 Å². The summed E-state index contributed by atoms with van der Waals surface area (Å²) in [7, 11) is 0. The Labute approximate surface area is 115 Å². The van der Waals surface area contributed by atoms with E-state index < -0.39 is 5.97 Å². The maximum atomic E-state index is 11.0. The molecular formula is C13H13ClN2O3. The first-order chi connectivity index (χ1) is 8.99. The van der Waals surface area contributed by atoms with Gasteiger partial charge in [-0.05, 0) is 32.0 Å². The molecule has 6 heteroatoms. The standard InChI is InChI=1S/C13H13ClN2O3/c1-7-3-4-10(19-7)8(2)16-12-11(14)9(13(17)18)5-6-15-12/h3-6,8H,1-2H3,(H,15,16)(H,17,18). The Kier molecular flexibility index (Phi) is 3.76. The van der Waals surface area contributed by atoms with Crippen LogP contribution >= 0.6 is 11.6 Å². The highest BCUT2D eigenvalue weighted by Crippen LogP contribution is 2.27. The Morgan fingerprint density at radius 3 is 2.79 bits per heavy atom. The minimum absolute atomic E-state index is 0.0157. The lowest BCUT2D eigenvalue weighted by atomic mass is 10.2. The molecule has 5 nitrogen and oxygen atoms in total. The second-order valence-electron chi connectivity index (χ2n) is 4.14. The third-order valence-electron chi connectivity index (χ3n) is 2.66. The van der Waals surface area contributed by atoms with E-state index in [1.54, 1.807) is 0 Å². The van der Waals surface area contributed by atoms with Gasteiger partial charge in [0.25, 0.3) is 0 Å². The third kappa shape index (κ3) is 2.88. The van der Waals surface area contributed by atoms with E-state index in [9.17, 15) is 4.79 Å². The van der Waals surface area contributed by atoms with E-state index in [0.29, 0.717) is 5.82 Å². The molecule has 0 aliphatic rings. The van der Waals surface area contributed by atoms with E-state index in [2.05, 4.69) is 10.3 Å². The van der Waals surface area contributed by atoms with E-state index in [1.165, 1.54) is 12.3 Å². The molecule has 0 spiro atoms. The predicted octanol–water partition coefficient (Wildman–Crippen LogP) is 3.51. The third-order valence-corrected chi connectivity index (χ3v) is 3.04. The van der Waals surface area contributed by atoms with Crippen molar-refractivity contribution in [3.8, 4) is 0 Å². The SMILES string of the molecule is Cc1ccc(C(C)Nc2nccc(C(=O)O)c2Cl)o1. The van der Waals surface area contributed by atoms with Crippen molar-refractivity contribution in [3.63, 3.8) is 0 Å². The second-order valence-corrected chi connectivity index (χ2v) is 4.52. The average molecular weight is 281 g/mol. The van der Waals surface area contributed by atoms with Gasteiger partial charge in [-0.3, -0.25) is 0 Å². The number of nitrogens with one attached hydrogen (secondary N) is 1. The number of carboxylic acid groups (broad SMARTS) is 1. The van der Waals surface area contributed by atoms with Crippen molar-refractivity contribution in [1.29, 1.82) is 0 Å². The number of rotatable bonds is 4. The van der Waals surface area contributed by atoms with Crippen LogP contribution in [0.4, 0.5) is 5.82 Å². The molecule has 0 aliphatic heterocycles. The summed E-state index contributed by atoms with van der Waals surface area (Å²) in [6, 6.07) is 4.90. The van der Waals surface area contributed by atoms with E-state index in [1.807, 2.05) is 26.0 Å². The molecule has 1 atom stereocenters. The Bertz CT molecular complexity index is 610. The molecule has 2 aromatic heterocycles. The summed E-state index contributed by atoms with van der Waals surface area (Å²) >= 11 is 6.00. The van der Waals surface area contributed by atoms with E-state index in [-0.39, 0.29) is 16.6 Å². The Hall–Kier alpha value is -2.01. The first kappa shape index (κ1) is 13.4. The van der Waals surface area contributed by atoms with Crippen LogP contribution in [0.3, 0.4) is 0 Å². The van der Waals surface area contributed by atoms with Crippen LogP contribution in [0.15, 0.2) is 28.8 Å². The molecule has 2 N–H and O–H groups in total. The van der Waals surface area contributed by atoms with E-state index in [0.717, 1.165) is 11.5 Å². The summed E-state index contributed by atoms with van der Waals surface area (Å²) in [5.41, 5.74) is 0.0157. The van der Waals surface area contributed by atoms with Crippen LogP contribution in [0.25, 0.3) is 0 Å². The van der Waals surface area contributed by atoms with Crippen molar-refractivity contribution in [2.24, 2.45) is 0 Å². The maximum absolute atomic E-state index is 11.0. The molecule has 0 saturated carbocycles. The van der Waals surface area contributed by atoms with Crippen LogP contribution < -0.4 is 5.32 Å². The van der Waals surface area contributed by atoms with Gasteiger partial charge in [-0.2, -0.15) is 0 Å². The number of hydrogen-bond donors (Lipinski definition) is 2. The number of carboxylic acids is 1. The van der Waals surface area contributed by atoms with Crippen LogP contribution in [0, 0.1) is 6.92 Å². The fourth-order valence-electron chi connectivity index (χ4n) is 1.67. The molecule has 2 rings (SSSR count). The van der Waals surface area contributed by atoms with Gasteiger partial charge in [-0.25, -0.2) is 9.78 Å². The first-order valence-corrected chi connectivity index (χ1v) is 6.07. The number of nitrogens with zero attached hydrogens (tertiary/aromatic N) is 1. The first-order valence-electron chi connectivity index (χ1n) is 5.69. The average Bonchev–Trinajstić information content (AvgIpc) is 2.78. The summed E-state index contributed by atoms with van der Waals surface area (Å²) in [6.45, 7) is 3.73. The van der Waals surface area contributed by atoms with Crippen molar-refractivity contribution >= 4 is 23.4 Å². The summed E-state index contributed by atoms with van der Waals surface area (Å²) in [5.74, 6) is 0.776. The van der Waals surface area contributed by atoms with Gasteiger partial charge in [0.2, 0.25) is 0 Å². The molecule has 100 valence electrons. The summed E-state index contributed by atoms with van der Waals surface area (Å²) in [4.78, 5) is 15.0. The highest BCUT2D eigenvalue weighted by atomic mass is 35.5. The zero-order chi connectivity index (χ0) is 14.0. The number of aryl methyl sites for hydroxylation is 1. The Balaban J connectivity index is 2.24. The lowest BCUT2D eigenvalue weighted by Gasteiger charge is -2.14. The van der Waals surface area contributed by atoms with Gasteiger partial charge in [0.15, 0.2) is 0 Å². The van der Waals surface area contributed by atoms with Crippen molar-refractivity contribution in [3.05, 3.63) is 46.5 Å². The molecule has 0 fully saturated rings. The van der Waals surface area contributed by atoms with Crippen LogP contribution in [-0.4, -0.2) is 16.1 Å². The molecule has 19 heavy (non-hydrogen) atoms. The number of pyridine rings is 1. The van der Waals surface area contributed by atoms with Crippen LogP contribution in [-0.2, 0) is 0 Å². The number of aromatic nitrogens is 1. The number of halogens is 1. The normalized spacial score (nSPS) is 12.2. The molecule has 0 saturated heterocycles. The lowest BCUT2D eigenvalue weighted by Crippen LogP contribution is -2.09. The topological polar surface area (TPSA) is 75.4 Å². The number of hydrogen-bond acceptors (Lipinski definition) is 4. The molecule has 1 unspecified atom stereocenters. The van der Waals surface area contributed by atoms with Crippen molar-refractivity contribution in [1.82, 2.24) is 4.98 Å². The molecule has 2 heterocycles. The fraction of sp³-hybridized carbons (Fsp3) is 0.231. The van der Waals surface area contributed by atoms with Crippen molar-refractivity contribution in [2.75, 3.05) is 5.32 Å². The van der Waals surface area contributed by atoms with Crippen molar-refractivity contribution in [2.45, 2.75) is 19.9 Å². The van der Waals surface area contributed by atoms with Gasteiger partial charge in [-0.15, -0.1) is 0 Å².